The summed E-state index contributed by atoms with van der Waals surface area (Å²) in [4.78, 5) is 1.19. The number of rotatable bonds is 3. The Kier molecular flexibility index (Phi) is 3.69. The Hall–Kier alpha value is 0.270. The van der Waals surface area contributed by atoms with Crippen LogP contribution in [0.25, 0.3) is 0 Å². The lowest BCUT2D eigenvalue weighted by Crippen LogP contribution is -1.96. The lowest BCUT2D eigenvalue weighted by molar-refractivity contribution is 1.21. The van der Waals surface area contributed by atoms with Crippen LogP contribution in [0.4, 0.5) is 5.69 Å². The predicted octanol–water partition coefficient (Wildman–Crippen LogP) is 3.68. The van der Waals surface area contributed by atoms with Crippen molar-refractivity contribution in [2.24, 2.45) is 0 Å². The second-order valence-corrected chi connectivity index (χ2v) is 4.83. The molecule has 0 unspecified atom stereocenters. The highest BCUT2D eigenvalue weighted by Gasteiger charge is 2.04. The van der Waals surface area contributed by atoms with Crippen LogP contribution in [-0.2, 0) is 5.88 Å². The number of hydrogen-bond donors (Lipinski definition) is 1. The minimum absolute atomic E-state index is 0.582. The van der Waals surface area contributed by atoms with E-state index in [1.54, 1.807) is 11.3 Å². The van der Waals surface area contributed by atoms with Gasteiger partial charge in [-0.2, -0.15) is 0 Å². The maximum absolute atomic E-state index is 5.73. The minimum Gasteiger partial charge on any atom is -0.384 e. The molecule has 0 spiro atoms. The number of thiophene rings is 1. The fourth-order valence-corrected chi connectivity index (χ4v) is 2.67. The topological polar surface area (TPSA) is 12.0 Å². The Morgan fingerprint density at radius 2 is 2.45 bits per heavy atom. The molecule has 0 aliphatic carbocycles. The van der Waals surface area contributed by atoms with E-state index in [4.69, 9.17) is 11.6 Å². The van der Waals surface area contributed by atoms with Gasteiger partial charge < -0.3 is 5.32 Å². The molecule has 0 aromatic carbocycles. The molecule has 0 bridgehead atoms. The van der Waals surface area contributed by atoms with E-state index in [0.717, 1.165) is 16.0 Å². The van der Waals surface area contributed by atoms with Gasteiger partial charge in [0.2, 0.25) is 0 Å². The molecule has 1 N–H and O–H groups in total. The molecule has 0 aliphatic heterocycles. The highest BCUT2D eigenvalue weighted by Crippen LogP contribution is 2.32. The van der Waals surface area contributed by atoms with Gasteiger partial charge in [0.15, 0.2) is 0 Å². The Morgan fingerprint density at radius 1 is 1.73 bits per heavy atom. The van der Waals surface area contributed by atoms with Crippen molar-refractivity contribution in [2.75, 3.05) is 11.9 Å². The molecule has 0 amide bonds. The standard InChI is InChI=1S/C7H9BrClNS/c1-2-10-5-3-7(8)11-6(5)4-9/h3,10H,2,4H2,1H3. The highest BCUT2D eigenvalue weighted by molar-refractivity contribution is 9.11. The van der Waals surface area contributed by atoms with Gasteiger partial charge in [-0.3, -0.25) is 0 Å². The van der Waals surface area contributed by atoms with Crippen LogP contribution < -0.4 is 5.32 Å². The van der Waals surface area contributed by atoms with Crippen molar-refractivity contribution >= 4 is 44.6 Å². The fourth-order valence-electron chi connectivity index (χ4n) is 0.835. The molecule has 0 saturated carbocycles. The first-order chi connectivity index (χ1) is 5.27. The quantitative estimate of drug-likeness (QED) is 0.812. The van der Waals surface area contributed by atoms with Gasteiger partial charge in [0, 0.05) is 11.4 Å². The van der Waals surface area contributed by atoms with E-state index < -0.39 is 0 Å². The van der Waals surface area contributed by atoms with Gasteiger partial charge in [0.1, 0.15) is 0 Å². The lowest BCUT2D eigenvalue weighted by Gasteiger charge is -2.00. The van der Waals surface area contributed by atoms with Crippen molar-refractivity contribution in [1.82, 2.24) is 0 Å². The molecule has 1 rings (SSSR count). The van der Waals surface area contributed by atoms with Crippen LogP contribution in [0.5, 0.6) is 0 Å². The SMILES string of the molecule is CCNc1cc(Br)sc1CCl. The monoisotopic (exact) mass is 253 g/mol. The first-order valence-electron chi connectivity index (χ1n) is 3.36. The number of halogens is 2. The van der Waals surface area contributed by atoms with Crippen molar-refractivity contribution in [3.8, 4) is 0 Å². The molecule has 4 heteroatoms. The van der Waals surface area contributed by atoms with Crippen molar-refractivity contribution in [3.05, 3.63) is 14.7 Å². The van der Waals surface area contributed by atoms with Crippen LogP contribution in [0.2, 0.25) is 0 Å². The van der Waals surface area contributed by atoms with E-state index in [-0.39, 0.29) is 0 Å². The van der Waals surface area contributed by atoms with E-state index in [9.17, 15) is 0 Å². The van der Waals surface area contributed by atoms with E-state index in [2.05, 4.69) is 34.2 Å². The minimum atomic E-state index is 0.582. The van der Waals surface area contributed by atoms with Gasteiger partial charge in [-0.25, -0.2) is 0 Å². The first kappa shape index (κ1) is 9.36. The molecule has 11 heavy (non-hydrogen) atoms. The van der Waals surface area contributed by atoms with Crippen molar-refractivity contribution in [1.29, 1.82) is 0 Å². The molecule has 0 saturated heterocycles. The summed E-state index contributed by atoms with van der Waals surface area (Å²) in [7, 11) is 0. The van der Waals surface area contributed by atoms with Gasteiger partial charge in [-0.05, 0) is 28.9 Å². The van der Waals surface area contributed by atoms with Crippen LogP contribution in [-0.4, -0.2) is 6.54 Å². The van der Waals surface area contributed by atoms with E-state index in [1.807, 2.05) is 0 Å². The molecule has 1 aromatic heterocycles. The van der Waals surface area contributed by atoms with Crippen molar-refractivity contribution < 1.29 is 0 Å². The summed E-state index contributed by atoms with van der Waals surface area (Å²) in [5.74, 6) is 0.582. The Morgan fingerprint density at radius 3 is 3.00 bits per heavy atom. The molecular formula is C7H9BrClNS. The number of nitrogens with one attached hydrogen (secondary N) is 1. The maximum atomic E-state index is 5.73. The smallest absolute Gasteiger partial charge is 0.0723 e. The molecular weight excluding hydrogens is 246 g/mol. The summed E-state index contributed by atoms with van der Waals surface area (Å²) >= 11 is 10.8. The first-order valence-corrected chi connectivity index (χ1v) is 5.50. The van der Waals surface area contributed by atoms with Crippen LogP contribution in [0.3, 0.4) is 0 Å². The number of anilines is 1. The molecule has 1 heterocycles. The molecule has 0 fully saturated rings. The summed E-state index contributed by atoms with van der Waals surface area (Å²) in [5.41, 5.74) is 1.15. The molecule has 0 radical (unpaired) electrons. The fraction of sp³-hybridized carbons (Fsp3) is 0.429. The van der Waals surface area contributed by atoms with Crippen LogP contribution in [0, 0.1) is 0 Å². The molecule has 0 aliphatic rings. The zero-order valence-electron chi connectivity index (χ0n) is 6.16. The Bertz CT molecular complexity index is 236. The summed E-state index contributed by atoms with van der Waals surface area (Å²) < 4.78 is 1.13. The lowest BCUT2D eigenvalue weighted by atomic mass is 10.4. The summed E-state index contributed by atoms with van der Waals surface area (Å²) in [6.07, 6.45) is 0. The van der Waals surface area contributed by atoms with E-state index in [1.165, 1.54) is 4.88 Å². The summed E-state index contributed by atoms with van der Waals surface area (Å²) in [6, 6.07) is 2.06. The summed E-state index contributed by atoms with van der Waals surface area (Å²) in [5, 5.41) is 3.24. The van der Waals surface area contributed by atoms with Crippen LogP contribution in [0.15, 0.2) is 9.85 Å². The zero-order valence-corrected chi connectivity index (χ0v) is 9.31. The largest absolute Gasteiger partial charge is 0.384 e. The van der Waals surface area contributed by atoms with Gasteiger partial charge in [-0.15, -0.1) is 22.9 Å². The Labute approximate surface area is 83.9 Å². The third-order valence-electron chi connectivity index (χ3n) is 1.27. The number of alkyl halides is 1. The van der Waals surface area contributed by atoms with Crippen LogP contribution in [0.1, 0.15) is 11.8 Å². The second-order valence-electron chi connectivity index (χ2n) is 2.05. The number of hydrogen-bond acceptors (Lipinski definition) is 2. The average molecular weight is 255 g/mol. The third kappa shape index (κ3) is 2.36. The molecule has 1 nitrogen and oxygen atoms in total. The van der Waals surface area contributed by atoms with Gasteiger partial charge >= 0.3 is 0 Å². The van der Waals surface area contributed by atoms with E-state index >= 15 is 0 Å². The van der Waals surface area contributed by atoms with E-state index in [0.29, 0.717) is 5.88 Å². The summed E-state index contributed by atoms with van der Waals surface area (Å²) in [6.45, 7) is 3.01. The molecule has 0 atom stereocenters. The molecule has 62 valence electrons. The average Bonchev–Trinajstić information content (AvgIpc) is 2.32. The van der Waals surface area contributed by atoms with Crippen molar-refractivity contribution in [3.63, 3.8) is 0 Å². The van der Waals surface area contributed by atoms with Crippen LogP contribution >= 0.6 is 38.9 Å². The highest BCUT2D eigenvalue weighted by atomic mass is 79.9. The molecule has 1 aromatic rings. The van der Waals surface area contributed by atoms with Gasteiger partial charge in [0.25, 0.3) is 0 Å². The Balaban J connectivity index is 2.83. The maximum Gasteiger partial charge on any atom is 0.0723 e. The van der Waals surface area contributed by atoms with Gasteiger partial charge in [0.05, 0.1) is 15.4 Å². The second kappa shape index (κ2) is 4.33. The zero-order chi connectivity index (χ0) is 8.27. The van der Waals surface area contributed by atoms with Gasteiger partial charge in [-0.1, -0.05) is 0 Å². The normalized spacial score (nSPS) is 10.1. The van der Waals surface area contributed by atoms with Crippen molar-refractivity contribution in [2.45, 2.75) is 12.8 Å². The third-order valence-corrected chi connectivity index (χ3v) is 3.33. The predicted molar refractivity (Wildman–Crippen MR) is 55.7 cm³/mol.